The molecule has 3 N–H and O–H groups in total. The Balaban J connectivity index is 0.609. The predicted molar refractivity (Wildman–Crippen MR) is 307 cm³/mol. The van der Waals surface area contributed by atoms with Gasteiger partial charge in [-0.1, -0.05) is 83.0 Å². The molecule has 3 amide bonds. The normalized spacial score (nSPS) is 21.0. The lowest BCUT2D eigenvalue weighted by molar-refractivity contribution is -0.137. The summed E-state index contributed by atoms with van der Waals surface area (Å²) in [4.78, 5) is 51.2. The van der Waals surface area contributed by atoms with E-state index in [1.807, 2.05) is 24.3 Å². The van der Waals surface area contributed by atoms with Crippen LogP contribution in [0.5, 0.6) is 0 Å². The van der Waals surface area contributed by atoms with E-state index in [2.05, 4.69) is 72.4 Å². The van der Waals surface area contributed by atoms with Crippen molar-refractivity contribution in [1.29, 1.82) is 0 Å². The Morgan fingerprint density at radius 3 is 2.35 bits per heavy atom. The van der Waals surface area contributed by atoms with Gasteiger partial charge in [0, 0.05) is 84.5 Å². The Labute approximate surface area is 471 Å². The van der Waals surface area contributed by atoms with Crippen molar-refractivity contribution in [2.75, 3.05) is 39.7 Å². The van der Waals surface area contributed by atoms with Gasteiger partial charge in [-0.05, 0) is 150 Å². The molecule has 2 bridgehead atoms. The first-order valence-electron chi connectivity index (χ1n) is 28.4. The number of carbonyl (C=O) groups excluding carboxylic acids is 3. The number of urea groups is 1. The molecule has 13 nitrogen and oxygen atoms in total. The maximum absolute atomic E-state index is 14.0. The predicted octanol–water partition coefficient (Wildman–Crippen LogP) is 12.8. The maximum Gasteiger partial charge on any atom is 0.416 e. The van der Waals surface area contributed by atoms with Crippen LogP contribution in [0.25, 0.3) is 16.8 Å². The first-order chi connectivity index (χ1) is 38.6. The van der Waals surface area contributed by atoms with E-state index >= 15 is 0 Å². The third-order valence-corrected chi connectivity index (χ3v) is 18.7. The van der Waals surface area contributed by atoms with Crippen LogP contribution in [0.3, 0.4) is 0 Å². The van der Waals surface area contributed by atoms with E-state index in [1.165, 1.54) is 40.1 Å². The minimum absolute atomic E-state index is 0.0425. The van der Waals surface area contributed by atoms with Gasteiger partial charge in [0.25, 0.3) is 10.1 Å². The van der Waals surface area contributed by atoms with Gasteiger partial charge in [0.05, 0.1) is 40.1 Å². The van der Waals surface area contributed by atoms with Crippen molar-refractivity contribution in [2.45, 2.75) is 151 Å². The quantitative estimate of drug-likeness (QED) is 0.0721. The summed E-state index contributed by atoms with van der Waals surface area (Å²) < 4.78 is 81.9. The van der Waals surface area contributed by atoms with Crippen molar-refractivity contribution in [3.63, 3.8) is 0 Å². The molecule has 17 heteroatoms. The number of nitrogens with one attached hydrogen (secondary N) is 2. The Morgan fingerprint density at radius 2 is 1.57 bits per heavy atom. The molecule has 6 heterocycles. The number of halogens is 3. The molecule has 0 spiro atoms. The van der Waals surface area contributed by atoms with Crippen LogP contribution in [0.4, 0.5) is 40.8 Å². The number of alkyl halides is 3. The number of carbonyl (C=O) groups is 3. The zero-order valence-electron chi connectivity index (χ0n) is 46.1. The van der Waals surface area contributed by atoms with Gasteiger partial charge in [-0.25, -0.2) is 9.78 Å². The van der Waals surface area contributed by atoms with Crippen molar-refractivity contribution in [3.8, 4) is 11.3 Å². The monoisotopic (exact) mass is 1120 g/mol. The number of allylic oxidation sites excluding steroid dienone is 2. The highest BCUT2D eigenvalue weighted by Gasteiger charge is 2.50. The van der Waals surface area contributed by atoms with Gasteiger partial charge in [0.1, 0.15) is 5.78 Å². The molecule has 1 aromatic heterocycles. The van der Waals surface area contributed by atoms with Crippen molar-refractivity contribution in [2.24, 2.45) is 0 Å². The number of ether oxygens (including phenoxy) is 1. The fourth-order valence-corrected chi connectivity index (χ4v) is 14.5. The van der Waals surface area contributed by atoms with E-state index < -0.39 is 27.3 Å². The molecule has 3 atom stereocenters. The van der Waals surface area contributed by atoms with Crippen molar-refractivity contribution < 1.29 is 45.3 Å². The number of rotatable bonds is 14. The molecule has 5 aromatic rings. The molecular formula is C64H67F3N6O7S. The number of ketones is 1. The number of Topliss-reactive ketones (excluding diaryl/α,β-unsaturated/α-hetero) is 1. The standard InChI is InChI=1S/C64H67F3N6O7S/c1-62(2)50-34-45(81(77,78)79)21-22-46(50)47-23-27-55-48(58(47)62)35-49-56(80-55)28-30-72-53-25-18-39(32-51(53)63(3,4)59(49)72)31-44(74)14-7-5-6-8-15-57(75)68-36-38-16-19-42(20-17-38)69-61(76)73-43-13-10-29-71(37-43)54-26-24-52(70-60(54)73)40-11-9-12-41(33-40)64(65,66)67/h9,11-12,16-22,24-26,32-35,43,55-56H,5-8,10,13-15,23,27-31,36-37H2,1-4H3,(H,68,75)(H,69,76)(H,77,78,79)/t43-,55?,56?/m0/s1. The third-order valence-electron chi connectivity index (χ3n) is 17.9. The Bertz CT molecular complexity index is 3620. The average Bonchev–Trinajstić information content (AvgIpc) is 4.09. The van der Waals surface area contributed by atoms with Crippen LogP contribution >= 0.6 is 0 Å². The Morgan fingerprint density at radius 1 is 0.802 bits per heavy atom. The molecule has 7 aliphatic rings. The number of benzene rings is 4. The Hall–Kier alpha value is -7.08. The molecule has 2 aliphatic carbocycles. The summed E-state index contributed by atoms with van der Waals surface area (Å²) in [6.07, 6.45) is 6.28. The molecule has 5 aliphatic heterocycles. The van der Waals surface area contributed by atoms with Crippen LogP contribution in [-0.4, -0.2) is 73.6 Å². The van der Waals surface area contributed by atoms with Crippen molar-refractivity contribution >= 4 is 56.3 Å². The molecule has 422 valence electrons. The number of unbranched alkanes of at least 4 members (excludes halogenated alkanes) is 3. The Kier molecular flexibility index (Phi) is 13.9. The largest absolute Gasteiger partial charge is 0.416 e. The summed E-state index contributed by atoms with van der Waals surface area (Å²) in [5.41, 5.74) is 12.5. The van der Waals surface area contributed by atoms with Crippen LogP contribution in [0.2, 0.25) is 0 Å². The van der Waals surface area contributed by atoms with E-state index in [1.54, 1.807) is 35.2 Å². The summed E-state index contributed by atoms with van der Waals surface area (Å²) in [6, 6.07) is 26.7. The zero-order chi connectivity index (χ0) is 56.8. The van der Waals surface area contributed by atoms with Crippen molar-refractivity contribution in [1.82, 2.24) is 10.3 Å². The van der Waals surface area contributed by atoms with Gasteiger partial charge in [-0.15, -0.1) is 0 Å². The number of hydrogen-bond donors (Lipinski definition) is 3. The maximum atomic E-state index is 14.0. The minimum Gasteiger partial charge on any atom is -0.366 e. The molecule has 0 radical (unpaired) electrons. The fraction of sp³-hybridized carbons (Fsp3) is 0.406. The van der Waals surface area contributed by atoms with Gasteiger partial charge in [-0.2, -0.15) is 21.6 Å². The summed E-state index contributed by atoms with van der Waals surface area (Å²) in [5.74, 6) is 0.540. The number of nitrogens with zero attached hydrogens (tertiary/aromatic N) is 4. The highest BCUT2D eigenvalue weighted by atomic mass is 32.2. The second kappa shape index (κ2) is 20.7. The summed E-state index contributed by atoms with van der Waals surface area (Å²) in [5, 5.41) is 5.99. The lowest BCUT2D eigenvalue weighted by Crippen LogP contribution is -2.56. The number of hydrogen-bond acceptors (Lipinski definition) is 9. The fourth-order valence-electron chi connectivity index (χ4n) is 13.9. The minimum atomic E-state index is -4.50. The number of pyridine rings is 1. The third kappa shape index (κ3) is 10.2. The van der Waals surface area contributed by atoms with E-state index in [9.17, 15) is 40.5 Å². The van der Waals surface area contributed by atoms with Crippen molar-refractivity contribution in [3.05, 3.63) is 159 Å². The highest BCUT2D eigenvalue weighted by Crippen LogP contribution is 2.58. The lowest BCUT2D eigenvalue weighted by Gasteiger charge is -2.45. The molecule has 1 saturated heterocycles. The summed E-state index contributed by atoms with van der Waals surface area (Å²) in [7, 11) is -4.36. The number of amides is 3. The van der Waals surface area contributed by atoms with Gasteiger partial charge in [-0.3, -0.25) is 19.0 Å². The molecular weight excluding hydrogens is 1050 g/mol. The summed E-state index contributed by atoms with van der Waals surface area (Å²) >= 11 is 0. The second-order valence-electron chi connectivity index (χ2n) is 23.9. The van der Waals surface area contributed by atoms with E-state index in [-0.39, 0.29) is 46.3 Å². The molecule has 0 saturated carbocycles. The van der Waals surface area contributed by atoms with Gasteiger partial charge < -0.3 is 25.2 Å². The van der Waals surface area contributed by atoms with E-state index in [0.717, 1.165) is 116 Å². The smallest absolute Gasteiger partial charge is 0.366 e. The SMILES string of the molecule is CC1(C)C2=C(CCC3OC4CCN5C(=C4C=C23)C(C)(C)c2cc(CC(=O)CCCCCCC(=O)NCc3ccc(NC(=O)N4c6nc(-c7cccc(C(F)(F)F)c7)ccc6N6CCC[C@H]4C6)cc3)ccc25)c2ccc(S(=O)(=O)O)cc21. The van der Waals surface area contributed by atoms with E-state index in [0.29, 0.717) is 61.5 Å². The van der Waals surface area contributed by atoms with Crippen LogP contribution in [-0.2, 0) is 54.4 Å². The number of anilines is 4. The number of fused-ring (bicyclic) bond motifs is 12. The summed E-state index contributed by atoms with van der Waals surface area (Å²) in [6.45, 7) is 11.4. The first-order valence-corrected chi connectivity index (χ1v) is 29.9. The molecule has 81 heavy (non-hydrogen) atoms. The number of aromatic nitrogens is 1. The second-order valence-corrected chi connectivity index (χ2v) is 25.3. The van der Waals surface area contributed by atoms with Crippen LogP contribution < -0.4 is 25.3 Å². The highest BCUT2D eigenvalue weighted by molar-refractivity contribution is 7.85. The first kappa shape index (κ1) is 54.5. The van der Waals surface area contributed by atoms with Crippen LogP contribution in [0, 0.1) is 0 Å². The van der Waals surface area contributed by atoms with Gasteiger partial charge in [0.2, 0.25) is 5.91 Å². The molecule has 2 unspecified atom stereocenters. The number of piperidine rings is 1. The van der Waals surface area contributed by atoms with Crippen LogP contribution in [0.1, 0.15) is 132 Å². The topological polar surface area (TPSA) is 161 Å². The molecule has 12 rings (SSSR count). The average molecular weight is 1120 g/mol. The molecule has 1 fully saturated rings. The molecule has 4 aromatic carbocycles. The van der Waals surface area contributed by atoms with Gasteiger partial charge >= 0.3 is 12.2 Å². The lowest BCUT2D eigenvalue weighted by atomic mass is 9.71. The van der Waals surface area contributed by atoms with E-state index in [4.69, 9.17) is 9.72 Å². The van der Waals surface area contributed by atoms with Crippen LogP contribution in [0.15, 0.2) is 130 Å². The zero-order valence-corrected chi connectivity index (χ0v) is 46.9. The van der Waals surface area contributed by atoms with Gasteiger partial charge in [0.15, 0.2) is 5.82 Å².